The molecule has 0 saturated carbocycles. The number of amides is 1. The maximum Gasteiger partial charge on any atom is 0.410 e. The number of hydrogen-bond donors (Lipinski definition) is 0. The molecule has 192 valence electrons. The summed E-state index contributed by atoms with van der Waals surface area (Å²) in [5.41, 5.74) is 3.58. The van der Waals surface area contributed by atoms with Gasteiger partial charge >= 0.3 is 6.09 Å². The van der Waals surface area contributed by atoms with Gasteiger partial charge in [0.2, 0.25) is 0 Å². The average Bonchev–Trinajstić information content (AvgIpc) is 3.29. The first-order valence-electron chi connectivity index (χ1n) is 13.0. The van der Waals surface area contributed by atoms with Gasteiger partial charge in [-0.05, 0) is 86.3 Å². The van der Waals surface area contributed by atoms with Crippen molar-refractivity contribution in [1.82, 2.24) is 9.80 Å². The fourth-order valence-corrected chi connectivity index (χ4v) is 7.45. The Morgan fingerprint density at radius 3 is 2.19 bits per heavy atom. The van der Waals surface area contributed by atoms with Crippen molar-refractivity contribution in [3.05, 3.63) is 95.1 Å². The minimum Gasteiger partial charge on any atom is -0.447 e. The molecule has 1 atom stereocenters. The van der Waals surface area contributed by atoms with Gasteiger partial charge in [0.1, 0.15) is 6.61 Å². The van der Waals surface area contributed by atoms with Gasteiger partial charge in [-0.3, -0.25) is 4.90 Å². The molecule has 0 radical (unpaired) electrons. The lowest BCUT2D eigenvalue weighted by Crippen LogP contribution is -2.45. The van der Waals surface area contributed by atoms with Crippen molar-refractivity contribution in [1.29, 1.82) is 0 Å². The van der Waals surface area contributed by atoms with E-state index in [1.54, 1.807) is 4.90 Å². The van der Waals surface area contributed by atoms with E-state index < -0.39 is 11.6 Å². The summed E-state index contributed by atoms with van der Waals surface area (Å²) in [6.07, 6.45) is 3.60. The average molecular weight is 521 g/mol. The number of unbranched alkanes of at least 4 members (excludes halogenated alkanes) is 1. The van der Waals surface area contributed by atoms with Crippen LogP contribution in [0.25, 0.3) is 0 Å². The lowest BCUT2D eigenvalue weighted by molar-refractivity contribution is 0.154. The standard InChI is InChI=1S/C30H30F2N2O2S/c31-24-12-11-21(19-25(24)32)26-20-36-29(35)34(26)16-6-5-15-33-17-13-30(14-18-33)22-7-1-3-9-27(22)37-28-10-4-2-8-23(28)30/h1-4,7-12,19,26H,5-6,13-18,20H2. The molecule has 0 aliphatic carbocycles. The van der Waals surface area contributed by atoms with Crippen LogP contribution in [0, 0.1) is 11.6 Å². The summed E-state index contributed by atoms with van der Waals surface area (Å²) in [6.45, 7) is 3.76. The first kappa shape index (κ1) is 24.4. The number of hydrogen-bond acceptors (Lipinski definition) is 4. The summed E-state index contributed by atoms with van der Waals surface area (Å²) in [6, 6.07) is 21.2. The molecule has 0 bridgehead atoms. The van der Waals surface area contributed by atoms with Gasteiger partial charge in [0, 0.05) is 21.8 Å². The number of cyclic esters (lactones) is 1. The van der Waals surface area contributed by atoms with Crippen molar-refractivity contribution >= 4 is 17.9 Å². The van der Waals surface area contributed by atoms with Crippen molar-refractivity contribution in [3.8, 4) is 0 Å². The molecule has 1 unspecified atom stereocenters. The number of piperidine rings is 1. The lowest BCUT2D eigenvalue weighted by atomic mass is 9.67. The molecule has 3 aliphatic heterocycles. The molecule has 3 aliphatic rings. The van der Waals surface area contributed by atoms with Crippen molar-refractivity contribution < 1.29 is 18.3 Å². The van der Waals surface area contributed by atoms with E-state index in [0.29, 0.717) is 12.1 Å². The van der Waals surface area contributed by atoms with Gasteiger partial charge in [0.15, 0.2) is 11.6 Å². The van der Waals surface area contributed by atoms with Gasteiger partial charge in [-0.2, -0.15) is 0 Å². The SMILES string of the molecule is O=C1OCC(c2ccc(F)c(F)c2)N1CCCCN1CCC2(CC1)c1ccccc1Sc1ccccc12. The van der Waals surface area contributed by atoms with Crippen LogP contribution in [0.3, 0.4) is 0 Å². The Morgan fingerprint density at radius 1 is 0.865 bits per heavy atom. The minimum absolute atomic E-state index is 0.0753. The quantitative estimate of drug-likeness (QED) is 0.335. The van der Waals surface area contributed by atoms with E-state index >= 15 is 0 Å². The Hall–Kier alpha value is -2.90. The number of ether oxygens (including phenoxy) is 1. The Labute approximate surface area is 220 Å². The van der Waals surface area contributed by atoms with Crippen molar-refractivity contribution in [2.24, 2.45) is 0 Å². The van der Waals surface area contributed by atoms with E-state index in [9.17, 15) is 13.6 Å². The Bertz CT molecular complexity index is 1260. The fourth-order valence-electron chi connectivity index (χ4n) is 6.17. The molecule has 6 rings (SSSR count). The summed E-state index contributed by atoms with van der Waals surface area (Å²) < 4.78 is 32.3. The number of likely N-dealkylation sites (tertiary alicyclic amines) is 1. The molecule has 4 nitrogen and oxygen atoms in total. The molecule has 1 spiro atoms. The number of carbonyl (C=O) groups excluding carboxylic acids is 1. The maximum atomic E-state index is 13.7. The summed E-state index contributed by atoms with van der Waals surface area (Å²) in [4.78, 5) is 19.2. The second-order valence-electron chi connectivity index (χ2n) is 10.2. The van der Waals surface area contributed by atoms with Crippen LogP contribution in [0.2, 0.25) is 0 Å². The summed E-state index contributed by atoms with van der Waals surface area (Å²) >= 11 is 1.88. The van der Waals surface area contributed by atoms with Crippen LogP contribution >= 0.6 is 11.8 Å². The van der Waals surface area contributed by atoms with Crippen LogP contribution < -0.4 is 0 Å². The third-order valence-corrected chi connectivity index (χ3v) is 9.31. The van der Waals surface area contributed by atoms with Crippen LogP contribution in [0.5, 0.6) is 0 Å². The van der Waals surface area contributed by atoms with Crippen molar-refractivity contribution in [2.75, 3.05) is 32.8 Å². The van der Waals surface area contributed by atoms with E-state index in [0.717, 1.165) is 51.4 Å². The molecule has 2 saturated heterocycles. The molecule has 3 aromatic rings. The molecule has 7 heteroatoms. The highest BCUT2D eigenvalue weighted by atomic mass is 32.2. The summed E-state index contributed by atoms with van der Waals surface area (Å²) in [5.74, 6) is -1.79. The van der Waals surface area contributed by atoms with Crippen LogP contribution in [0.1, 0.15) is 48.4 Å². The number of halogens is 2. The normalized spacial score (nSPS) is 20.5. The lowest BCUT2D eigenvalue weighted by Gasteiger charge is -2.46. The van der Waals surface area contributed by atoms with Gasteiger partial charge in [0.25, 0.3) is 0 Å². The highest BCUT2D eigenvalue weighted by Crippen LogP contribution is 2.53. The summed E-state index contributed by atoms with van der Waals surface area (Å²) in [5, 5.41) is 0. The molecule has 2 fully saturated rings. The number of nitrogens with zero attached hydrogens (tertiary/aromatic N) is 2. The molecular formula is C30H30F2N2O2S. The topological polar surface area (TPSA) is 32.8 Å². The Kier molecular flexibility index (Phi) is 6.67. The molecule has 0 N–H and O–H groups in total. The van der Waals surface area contributed by atoms with Gasteiger partial charge in [0.05, 0.1) is 6.04 Å². The zero-order valence-electron chi connectivity index (χ0n) is 20.7. The van der Waals surface area contributed by atoms with Gasteiger partial charge in [-0.15, -0.1) is 0 Å². The monoisotopic (exact) mass is 520 g/mol. The van der Waals surface area contributed by atoms with Crippen LogP contribution in [0.4, 0.5) is 13.6 Å². The molecule has 37 heavy (non-hydrogen) atoms. The Balaban J connectivity index is 1.06. The molecule has 3 aromatic carbocycles. The third-order valence-electron chi connectivity index (χ3n) is 8.16. The smallest absolute Gasteiger partial charge is 0.410 e. The highest BCUT2D eigenvalue weighted by Gasteiger charge is 2.43. The predicted molar refractivity (Wildman–Crippen MR) is 140 cm³/mol. The third kappa shape index (κ3) is 4.53. The molecule has 0 aromatic heterocycles. The van der Waals surface area contributed by atoms with Crippen molar-refractivity contribution in [2.45, 2.75) is 46.9 Å². The van der Waals surface area contributed by atoms with E-state index in [4.69, 9.17) is 4.74 Å². The second kappa shape index (κ2) is 10.1. The summed E-state index contributed by atoms with van der Waals surface area (Å²) in [7, 11) is 0. The molecule has 1 amide bonds. The van der Waals surface area contributed by atoms with Gasteiger partial charge in [-0.25, -0.2) is 13.6 Å². The molecular weight excluding hydrogens is 490 g/mol. The number of carbonyl (C=O) groups is 1. The van der Waals surface area contributed by atoms with Crippen LogP contribution in [-0.4, -0.2) is 48.7 Å². The van der Waals surface area contributed by atoms with Crippen LogP contribution in [0.15, 0.2) is 76.5 Å². The van der Waals surface area contributed by atoms with Gasteiger partial charge in [-0.1, -0.05) is 54.2 Å². The van der Waals surface area contributed by atoms with E-state index in [2.05, 4.69) is 53.4 Å². The van der Waals surface area contributed by atoms with Gasteiger partial charge < -0.3 is 9.64 Å². The number of rotatable bonds is 6. The number of fused-ring (bicyclic) bond motifs is 4. The van der Waals surface area contributed by atoms with E-state index in [-0.39, 0.29) is 24.2 Å². The molecule has 3 heterocycles. The van der Waals surface area contributed by atoms with E-state index in [1.807, 2.05) is 11.8 Å². The largest absolute Gasteiger partial charge is 0.447 e. The first-order chi connectivity index (χ1) is 18.0. The first-order valence-corrected chi connectivity index (χ1v) is 13.8. The fraction of sp³-hybridized carbons (Fsp3) is 0.367. The van der Waals surface area contributed by atoms with E-state index in [1.165, 1.54) is 33.1 Å². The zero-order chi connectivity index (χ0) is 25.4. The van der Waals surface area contributed by atoms with Crippen LogP contribution in [-0.2, 0) is 10.2 Å². The zero-order valence-corrected chi connectivity index (χ0v) is 21.5. The predicted octanol–water partition coefficient (Wildman–Crippen LogP) is 6.79. The van der Waals surface area contributed by atoms with Crippen molar-refractivity contribution in [3.63, 3.8) is 0 Å². The maximum absolute atomic E-state index is 13.7. The minimum atomic E-state index is -0.901. The Morgan fingerprint density at radius 2 is 1.51 bits per heavy atom. The number of benzene rings is 3. The second-order valence-corrected chi connectivity index (χ2v) is 11.3. The highest BCUT2D eigenvalue weighted by molar-refractivity contribution is 7.99.